The van der Waals surface area contributed by atoms with Crippen LogP contribution in [-0.4, -0.2) is 12.6 Å². The van der Waals surface area contributed by atoms with E-state index >= 15 is 0 Å². The molecular weight excluding hydrogens is 348 g/mol. The minimum absolute atomic E-state index is 0.0525. The Bertz CT molecular complexity index is 429. The first kappa shape index (κ1) is 12.9. The van der Waals surface area contributed by atoms with Gasteiger partial charge in [0.25, 0.3) is 0 Å². The maximum Gasteiger partial charge on any atom is 0.174 e. The molecule has 0 unspecified atom stereocenters. The number of ether oxygens (including phenoxy) is 1. The van der Waals surface area contributed by atoms with Gasteiger partial charge in [-0.05, 0) is 62.4 Å². The zero-order valence-electron chi connectivity index (χ0n) is 9.17. The number of halogens is 2. The van der Waals surface area contributed by atoms with Gasteiger partial charge in [-0.15, -0.1) is 0 Å². The monoisotopic (exact) mass is 358 g/mol. The minimum Gasteiger partial charge on any atom is -0.476 e. The van der Waals surface area contributed by atoms with Crippen LogP contribution in [0.5, 0.6) is 5.75 Å². The van der Waals surface area contributed by atoms with E-state index in [2.05, 4.69) is 37.2 Å². The van der Waals surface area contributed by atoms with Crippen LogP contribution < -0.4 is 10.1 Å². The molecule has 2 rings (SSSR count). The molecule has 0 radical (unpaired) electrons. The predicted molar refractivity (Wildman–Crippen MR) is 72.8 cm³/mol. The number of nitrogens with one attached hydrogen (secondary N) is 1. The van der Waals surface area contributed by atoms with E-state index in [-0.39, 0.29) is 6.61 Å². The number of benzene rings is 1. The molecule has 1 aromatic carbocycles. The molecule has 0 aliphatic heterocycles. The largest absolute Gasteiger partial charge is 0.476 e. The lowest BCUT2D eigenvalue weighted by molar-refractivity contribution is 0.363. The normalized spacial score (nSPS) is 14.4. The number of rotatable bonds is 5. The van der Waals surface area contributed by atoms with Gasteiger partial charge in [-0.1, -0.05) is 0 Å². The molecule has 1 aromatic rings. The molecule has 1 aliphatic carbocycles. The summed E-state index contributed by atoms with van der Waals surface area (Å²) in [6, 6.07) is 6.70. The van der Waals surface area contributed by atoms with Crippen LogP contribution in [0.4, 0.5) is 0 Å². The molecule has 0 heterocycles. The van der Waals surface area contributed by atoms with E-state index in [1.54, 1.807) is 0 Å². The quantitative estimate of drug-likeness (QED) is 0.876. The summed E-state index contributed by atoms with van der Waals surface area (Å²) < 4.78 is 7.07. The Balaban J connectivity index is 2.06. The number of hydrogen-bond donors (Lipinski definition) is 1. The first-order valence-corrected chi connectivity index (χ1v) is 7.00. The average Bonchev–Trinajstić information content (AvgIpc) is 3.09. The summed E-state index contributed by atoms with van der Waals surface area (Å²) in [5, 5.41) is 12.0. The Kier molecular flexibility index (Phi) is 4.43. The third kappa shape index (κ3) is 3.70. The van der Waals surface area contributed by atoms with Crippen LogP contribution in [0.2, 0.25) is 0 Å². The maximum absolute atomic E-state index is 8.50. The lowest BCUT2D eigenvalue weighted by atomic mass is 10.2. The molecule has 0 bridgehead atoms. The Morgan fingerprint density at radius 1 is 1.35 bits per heavy atom. The van der Waals surface area contributed by atoms with Gasteiger partial charge in [-0.3, -0.25) is 0 Å². The molecule has 5 heteroatoms. The van der Waals surface area contributed by atoms with Crippen molar-refractivity contribution in [3.63, 3.8) is 0 Å². The van der Waals surface area contributed by atoms with Gasteiger partial charge in [0.2, 0.25) is 0 Å². The number of hydrogen-bond acceptors (Lipinski definition) is 3. The van der Waals surface area contributed by atoms with Gasteiger partial charge in [0.15, 0.2) is 6.61 Å². The minimum atomic E-state index is 0.0525. The third-order valence-electron chi connectivity index (χ3n) is 2.51. The van der Waals surface area contributed by atoms with Crippen molar-refractivity contribution in [2.45, 2.75) is 25.4 Å². The molecule has 0 atom stereocenters. The molecule has 90 valence electrons. The SMILES string of the molecule is N#CCOc1c(Br)cc(CNC2CC2)cc1Br. The standard InChI is InChI=1S/C12H12Br2N2O/c13-10-5-8(7-16-9-1-2-9)6-11(14)12(10)17-4-3-15/h5-6,9,16H,1-2,4,7H2. The summed E-state index contributed by atoms with van der Waals surface area (Å²) in [6.45, 7) is 0.914. The van der Waals surface area contributed by atoms with Gasteiger partial charge in [0.05, 0.1) is 8.95 Å². The van der Waals surface area contributed by atoms with E-state index in [0.717, 1.165) is 15.5 Å². The van der Waals surface area contributed by atoms with Crippen LogP contribution in [-0.2, 0) is 6.54 Å². The zero-order valence-corrected chi connectivity index (χ0v) is 12.3. The van der Waals surface area contributed by atoms with E-state index in [0.29, 0.717) is 11.8 Å². The first-order valence-electron chi connectivity index (χ1n) is 5.41. The second-order valence-electron chi connectivity index (χ2n) is 3.99. The van der Waals surface area contributed by atoms with Gasteiger partial charge in [-0.2, -0.15) is 5.26 Å². The fourth-order valence-corrected chi connectivity index (χ4v) is 3.02. The highest BCUT2D eigenvalue weighted by atomic mass is 79.9. The molecule has 1 saturated carbocycles. The number of nitrogens with zero attached hydrogens (tertiary/aromatic N) is 1. The predicted octanol–water partition coefficient (Wildman–Crippen LogP) is 3.37. The van der Waals surface area contributed by atoms with Gasteiger partial charge in [0, 0.05) is 12.6 Å². The van der Waals surface area contributed by atoms with E-state index in [1.165, 1.54) is 18.4 Å². The summed E-state index contributed by atoms with van der Waals surface area (Å²) in [5.74, 6) is 0.682. The highest BCUT2D eigenvalue weighted by Crippen LogP contribution is 2.35. The Morgan fingerprint density at radius 2 is 2.00 bits per heavy atom. The summed E-state index contributed by atoms with van der Waals surface area (Å²) in [5.41, 5.74) is 1.19. The third-order valence-corrected chi connectivity index (χ3v) is 3.69. The van der Waals surface area contributed by atoms with Crippen LogP contribution in [0, 0.1) is 11.3 Å². The van der Waals surface area contributed by atoms with E-state index in [4.69, 9.17) is 10.00 Å². The van der Waals surface area contributed by atoms with Gasteiger partial charge < -0.3 is 10.1 Å². The van der Waals surface area contributed by atoms with Crippen molar-refractivity contribution in [1.29, 1.82) is 5.26 Å². The number of nitriles is 1. The molecule has 1 fully saturated rings. The molecule has 3 nitrogen and oxygen atoms in total. The van der Waals surface area contributed by atoms with Gasteiger partial charge >= 0.3 is 0 Å². The van der Waals surface area contributed by atoms with Crippen LogP contribution in [0.25, 0.3) is 0 Å². The van der Waals surface area contributed by atoms with Crippen molar-refractivity contribution in [2.75, 3.05) is 6.61 Å². The topological polar surface area (TPSA) is 45.0 Å². The average molecular weight is 360 g/mol. The van der Waals surface area contributed by atoms with E-state index in [1.807, 2.05) is 18.2 Å². The molecule has 1 N–H and O–H groups in total. The second kappa shape index (κ2) is 5.85. The van der Waals surface area contributed by atoms with Crippen molar-refractivity contribution < 1.29 is 4.74 Å². The van der Waals surface area contributed by atoms with Crippen LogP contribution in [0.1, 0.15) is 18.4 Å². The smallest absolute Gasteiger partial charge is 0.174 e. The summed E-state index contributed by atoms with van der Waals surface area (Å²) in [6.07, 6.45) is 2.57. The van der Waals surface area contributed by atoms with Gasteiger partial charge in [0.1, 0.15) is 11.8 Å². The van der Waals surface area contributed by atoms with Crippen molar-refractivity contribution in [3.05, 3.63) is 26.6 Å². The summed E-state index contributed by atoms with van der Waals surface area (Å²) >= 11 is 6.92. The van der Waals surface area contributed by atoms with Crippen LogP contribution in [0.15, 0.2) is 21.1 Å². The van der Waals surface area contributed by atoms with E-state index in [9.17, 15) is 0 Å². The molecule has 0 aromatic heterocycles. The molecule has 0 amide bonds. The highest BCUT2D eigenvalue weighted by molar-refractivity contribution is 9.11. The molecular formula is C12H12Br2N2O. The molecule has 1 aliphatic rings. The van der Waals surface area contributed by atoms with Gasteiger partial charge in [-0.25, -0.2) is 0 Å². The second-order valence-corrected chi connectivity index (χ2v) is 5.70. The lowest BCUT2D eigenvalue weighted by Crippen LogP contribution is -2.15. The Hall–Kier alpha value is -0.570. The zero-order chi connectivity index (χ0) is 12.3. The van der Waals surface area contributed by atoms with Crippen molar-refractivity contribution in [1.82, 2.24) is 5.32 Å². The highest BCUT2D eigenvalue weighted by Gasteiger charge is 2.20. The summed E-state index contributed by atoms with van der Waals surface area (Å²) in [4.78, 5) is 0. The van der Waals surface area contributed by atoms with Crippen molar-refractivity contribution in [2.24, 2.45) is 0 Å². The molecule has 0 saturated heterocycles. The Labute approximate surface area is 117 Å². The van der Waals surface area contributed by atoms with Crippen molar-refractivity contribution in [3.8, 4) is 11.8 Å². The Morgan fingerprint density at radius 3 is 2.53 bits per heavy atom. The fourth-order valence-electron chi connectivity index (χ4n) is 1.51. The van der Waals surface area contributed by atoms with Crippen LogP contribution >= 0.6 is 31.9 Å². The molecule has 17 heavy (non-hydrogen) atoms. The first-order chi connectivity index (χ1) is 8.20. The maximum atomic E-state index is 8.50. The van der Waals surface area contributed by atoms with Crippen molar-refractivity contribution >= 4 is 31.9 Å². The fraction of sp³-hybridized carbons (Fsp3) is 0.417. The summed E-state index contributed by atoms with van der Waals surface area (Å²) in [7, 11) is 0. The van der Waals surface area contributed by atoms with E-state index < -0.39 is 0 Å². The van der Waals surface area contributed by atoms with Crippen LogP contribution in [0.3, 0.4) is 0 Å². The lowest BCUT2D eigenvalue weighted by Gasteiger charge is -2.10. The molecule has 0 spiro atoms.